The second-order valence-corrected chi connectivity index (χ2v) is 3.98. The van der Waals surface area contributed by atoms with Gasteiger partial charge < -0.3 is 4.74 Å². The van der Waals surface area contributed by atoms with Gasteiger partial charge in [0.05, 0.1) is 18.8 Å². The largest absolute Gasteiger partial charge is 0.371 e. The number of nitriles is 1. The van der Waals surface area contributed by atoms with Gasteiger partial charge in [0.1, 0.15) is 0 Å². The van der Waals surface area contributed by atoms with Gasteiger partial charge in [0.2, 0.25) is 0 Å². The van der Waals surface area contributed by atoms with E-state index in [0.717, 1.165) is 26.2 Å². The van der Waals surface area contributed by atoms with E-state index in [1.165, 1.54) is 5.56 Å². The van der Waals surface area contributed by atoms with E-state index in [0.29, 0.717) is 6.42 Å². The molecule has 0 N–H and O–H groups in total. The van der Waals surface area contributed by atoms with Crippen LogP contribution in [0, 0.1) is 11.3 Å². The molecule has 1 heterocycles. The molecule has 92 valence electrons. The first-order valence-corrected chi connectivity index (χ1v) is 5.66. The molecule has 0 amide bonds. The predicted octanol–water partition coefficient (Wildman–Crippen LogP) is 2.40. The van der Waals surface area contributed by atoms with E-state index in [1.807, 2.05) is 18.2 Å². The van der Waals surface area contributed by atoms with Crippen LogP contribution >= 0.6 is 12.4 Å². The highest BCUT2D eigenvalue weighted by molar-refractivity contribution is 5.85. The van der Waals surface area contributed by atoms with Gasteiger partial charge in [-0.3, -0.25) is 4.90 Å². The van der Waals surface area contributed by atoms with Gasteiger partial charge in [-0.25, -0.2) is 0 Å². The lowest BCUT2D eigenvalue weighted by Gasteiger charge is -2.32. The van der Waals surface area contributed by atoms with Crippen LogP contribution in [0.4, 0.5) is 0 Å². The molecule has 3 nitrogen and oxygen atoms in total. The van der Waals surface area contributed by atoms with Gasteiger partial charge in [0, 0.05) is 26.1 Å². The summed E-state index contributed by atoms with van der Waals surface area (Å²) in [4.78, 5) is 2.30. The highest BCUT2D eigenvalue weighted by atomic mass is 35.5. The van der Waals surface area contributed by atoms with Gasteiger partial charge in [-0.1, -0.05) is 30.3 Å². The fourth-order valence-corrected chi connectivity index (χ4v) is 1.98. The lowest BCUT2D eigenvalue weighted by molar-refractivity contribution is -0.0292. The molecule has 0 spiro atoms. The van der Waals surface area contributed by atoms with Crippen molar-refractivity contribution in [3.8, 4) is 6.07 Å². The highest BCUT2D eigenvalue weighted by Crippen LogP contribution is 2.21. The molecular weight excluding hydrogens is 236 g/mol. The summed E-state index contributed by atoms with van der Waals surface area (Å²) in [5.74, 6) is 0. The Morgan fingerprint density at radius 3 is 2.82 bits per heavy atom. The van der Waals surface area contributed by atoms with Crippen molar-refractivity contribution in [3.05, 3.63) is 35.9 Å². The van der Waals surface area contributed by atoms with Crippen LogP contribution in [0.2, 0.25) is 0 Å². The number of nitrogens with zero attached hydrogens (tertiary/aromatic N) is 2. The smallest absolute Gasteiger partial charge is 0.0952 e. The van der Waals surface area contributed by atoms with E-state index in [2.05, 4.69) is 23.1 Å². The molecule has 1 aromatic rings. The SMILES string of the molecule is Cl.N#CCCN1CCOC(c2ccccc2)C1. The summed E-state index contributed by atoms with van der Waals surface area (Å²) in [5.41, 5.74) is 1.23. The third-order valence-electron chi connectivity index (χ3n) is 2.86. The maximum atomic E-state index is 8.57. The van der Waals surface area contributed by atoms with Crippen molar-refractivity contribution in [3.63, 3.8) is 0 Å². The first-order valence-electron chi connectivity index (χ1n) is 5.66. The number of morpholine rings is 1. The second-order valence-electron chi connectivity index (χ2n) is 3.98. The molecule has 1 saturated heterocycles. The number of rotatable bonds is 3. The molecule has 17 heavy (non-hydrogen) atoms. The van der Waals surface area contributed by atoms with Gasteiger partial charge >= 0.3 is 0 Å². The molecule has 0 aromatic heterocycles. The van der Waals surface area contributed by atoms with Crippen molar-refractivity contribution >= 4 is 12.4 Å². The zero-order chi connectivity index (χ0) is 11.2. The molecule has 0 saturated carbocycles. The van der Waals surface area contributed by atoms with Crippen LogP contribution in [0.3, 0.4) is 0 Å². The number of hydrogen-bond acceptors (Lipinski definition) is 3. The Kier molecular flexibility index (Phi) is 5.99. The summed E-state index contributed by atoms with van der Waals surface area (Å²) in [6.07, 6.45) is 0.760. The van der Waals surface area contributed by atoms with Gasteiger partial charge in [0.25, 0.3) is 0 Å². The summed E-state index contributed by atoms with van der Waals surface area (Å²) in [5, 5.41) is 8.57. The molecular formula is C13H17ClN2O. The Labute approximate surface area is 108 Å². The van der Waals surface area contributed by atoms with Crippen LogP contribution in [0.5, 0.6) is 0 Å². The van der Waals surface area contributed by atoms with E-state index < -0.39 is 0 Å². The maximum absolute atomic E-state index is 8.57. The van der Waals surface area contributed by atoms with Crippen LogP contribution in [0.25, 0.3) is 0 Å². The third-order valence-corrected chi connectivity index (χ3v) is 2.86. The average Bonchev–Trinajstić information content (AvgIpc) is 2.38. The zero-order valence-electron chi connectivity index (χ0n) is 9.71. The Morgan fingerprint density at radius 2 is 2.12 bits per heavy atom. The quantitative estimate of drug-likeness (QED) is 0.829. The van der Waals surface area contributed by atoms with Crippen LogP contribution in [-0.4, -0.2) is 31.1 Å². The second kappa shape index (κ2) is 7.29. The Hall–Kier alpha value is -1.08. The van der Waals surface area contributed by atoms with Crippen LogP contribution in [0.1, 0.15) is 18.1 Å². The van der Waals surface area contributed by atoms with E-state index in [9.17, 15) is 0 Å². The minimum atomic E-state index is 0. The van der Waals surface area contributed by atoms with Crippen molar-refractivity contribution < 1.29 is 4.74 Å². The molecule has 1 aromatic carbocycles. The minimum absolute atomic E-state index is 0. The number of halogens is 1. The molecule has 1 fully saturated rings. The lowest BCUT2D eigenvalue weighted by atomic mass is 10.1. The normalized spacial score (nSPS) is 20.3. The van der Waals surface area contributed by atoms with Crippen molar-refractivity contribution in [2.24, 2.45) is 0 Å². The Balaban J connectivity index is 0.00000144. The van der Waals surface area contributed by atoms with Crippen LogP contribution in [0.15, 0.2) is 30.3 Å². The fourth-order valence-electron chi connectivity index (χ4n) is 1.98. The van der Waals surface area contributed by atoms with Crippen LogP contribution in [-0.2, 0) is 4.74 Å². The average molecular weight is 253 g/mol. The summed E-state index contributed by atoms with van der Waals surface area (Å²) in [7, 11) is 0. The standard InChI is InChI=1S/C13H16N2O.ClH/c14-7-4-8-15-9-10-16-13(11-15)12-5-2-1-3-6-12;/h1-3,5-6,13H,4,8-11H2;1H. The van der Waals surface area contributed by atoms with Gasteiger partial charge in [-0.05, 0) is 5.56 Å². The Morgan fingerprint density at radius 1 is 1.35 bits per heavy atom. The topological polar surface area (TPSA) is 36.3 Å². The lowest BCUT2D eigenvalue weighted by Crippen LogP contribution is -2.38. The van der Waals surface area contributed by atoms with Crippen molar-refractivity contribution in [2.45, 2.75) is 12.5 Å². The van der Waals surface area contributed by atoms with E-state index in [4.69, 9.17) is 10.00 Å². The number of hydrogen-bond donors (Lipinski definition) is 0. The first kappa shape index (κ1) is 14.0. The zero-order valence-corrected chi connectivity index (χ0v) is 10.5. The molecule has 1 unspecified atom stereocenters. The van der Waals surface area contributed by atoms with E-state index in [-0.39, 0.29) is 18.5 Å². The third kappa shape index (κ3) is 4.01. The van der Waals surface area contributed by atoms with Crippen LogP contribution < -0.4 is 0 Å². The minimum Gasteiger partial charge on any atom is -0.371 e. The molecule has 0 bridgehead atoms. The molecule has 1 atom stereocenters. The number of ether oxygens (including phenoxy) is 1. The van der Waals surface area contributed by atoms with E-state index in [1.54, 1.807) is 0 Å². The molecule has 1 aliphatic rings. The van der Waals surface area contributed by atoms with Gasteiger partial charge in [-0.2, -0.15) is 5.26 Å². The highest BCUT2D eigenvalue weighted by Gasteiger charge is 2.20. The molecule has 2 rings (SSSR count). The van der Waals surface area contributed by atoms with Crippen molar-refractivity contribution in [1.29, 1.82) is 5.26 Å². The predicted molar refractivity (Wildman–Crippen MR) is 69.1 cm³/mol. The number of benzene rings is 1. The van der Waals surface area contributed by atoms with Gasteiger partial charge in [0.15, 0.2) is 0 Å². The van der Waals surface area contributed by atoms with Gasteiger partial charge in [-0.15, -0.1) is 12.4 Å². The molecule has 0 aliphatic carbocycles. The van der Waals surface area contributed by atoms with Crippen molar-refractivity contribution in [1.82, 2.24) is 4.90 Å². The van der Waals surface area contributed by atoms with Crippen molar-refractivity contribution in [2.75, 3.05) is 26.2 Å². The summed E-state index contributed by atoms with van der Waals surface area (Å²) in [6, 6.07) is 12.5. The Bertz CT molecular complexity index is 363. The summed E-state index contributed by atoms with van der Waals surface area (Å²) >= 11 is 0. The molecule has 0 radical (unpaired) electrons. The summed E-state index contributed by atoms with van der Waals surface area (Å²) < 4.78 is 5.75. The van der Waals surface area contributed by atoms with E-state index >= 15 is 0 Å². The molecule has 1 aliphatic heterocycles. The fraction of sp³-hybridized carbons (Fsp3) is 0.462. The molecule has 4 heteroatoms. The maximum Gasteiger partial charge on any atom is 0.0952 e. The first-order chi connectivity index (χ1) is 7.90. The monoisotopic (exact) mass is 252 g/mol. The summed E-state index contributed by atoms with van der Waals surface area (Å²) in [6.45, 7) is 3.44.